The van der Waals surface area contributed by atoms with E-state index in [9.17, 15) is 4.79 Å². The first-order valence-electron chi connectivity index (χ1n) is 4.98. The molecule has 0 fully saturated rings. The fourth-order valence-corrected chi connectivity index (χ4v) is 1.42. The third-order valence-corrected chi connectivity index (χ3v) is 2.78. The predicted molar refractivity (Wildman–Crippen MR) is 64.4 cm³/mol. The maximum Gasteiger partial charge on any atom is 0.228 e. The normalized spacial score (nSPS) is 12.3. The maximum atomic E-state index is 11.6. The number of amides is 1. The van der Waals surface area contributed by atoms with Crippen LogP contribution in [0.5, 0.6) is 0 Å². The van der Waals surface area contributed by atoms with Crippen LogP contribution in [0.4, 0.5) is 5.69 Å². The van der Waals surface area contributed by atoms with Crippen molar-refractivity contribution in [1.82, 2.24) is 0 Å². The number of carbonyl (C=O) groups is 1. The predicted octanol–water partition coefficient (Wildman–Crippen LogP) is 3.12. The van der Waals surface area contributed by atoms with Gasteiger partial charge in [0.1, 0.15) is 0 Å². The van der Waals surface area contributed by atoms with Crippen molar-refractivity contribution in [3.8, 4) is 0 Å². The zero-order valence-electron chi connectivity index (χ0n) is 9.30. The zero-order chi connectivity index (χ0) is 11.4. The summed E-state index contributed by atoms with van der Waals surface area (Å²) in [5.41, 5.74) is 3.13. The molecule has 82 valence electrons. The van der Waals surface area contributed by atoms with E-state index in [1.54, 1.807) is 0 Å². The molecule has 0 aliphatic heterocycles. The van der Waals surface area contributed by atoms with Crippen LogP contribution in [0.1, 0.15) is 18.1 Å². The summed E-state index contributed by atoms with van der Waals surface area (Å²) in [6.07, 6.45) is 0. The lowest BCUT2D eigenvalue weighted by Gasteiger charge is -2.11. The summed E-state index contributed by atoms with van der Waals surface area (Å²) in [7, 11) is 0. The molecule has 1 N–H and O–H groups in total. The first kappa shape index (κ1) is 12.1. The van der Waals surface area contributed by atoms with E-state index in [-0.39, 0.29) is 11.8 Å². The van der Waals surface area contributed by atoms with Crippen molar-refractivity contribution in [1.29, 1.82) is 0 Å². The highest BCUT2D eigenvalue weighted by Gasteiger charge is 2.12. The van der Waals surface area contributed by atoms with E-state index in [0.29, 0.717) is 5.88 Å². The quantitative estimate of drug-likeness (QED) is 0.787. The molecule has 0 radical (unpaired) electrons. The monoisotopic (exact) mass is 225 g/mol. The summed E-state index contributed by atoms with van der Waals surface area (Å²) in [5, 5.41) is 2.86. The fraction of sp³-hybridized carbons (Fsp3) is 0.417. The molecule has 0 bridgehead atoms. The third-order valence-electron chi connectivity index (χ3n) is 2.32. The van der Waals surface area contributed by atoms with Crippen LogP contribution in [0.15, 0.2) is 18.2 Å². The molecule has 1 aromatic rings. The number of anilines is 1. The van der Waals surface area contributed by atoms with Crippen LogP contribution in [-0.2, 0) is 4.79 Å². The zero-order valence-corrected chi connectivity index (χ0v) is 10.1. The van der Waals surface area contributed by atoms with Crippen molar-refractivity contribution in [2.24, 2.45) is 5.92 Å². The van der Waals surface area contributed by atoms with Crippen LogP contribution >= 0.6 is 11.6 Å². The average molecular weight is 226 g/mol. The Hall–Kier alpha value is -1.02. The summed E-state index contributed by atoms with van der Waals surface area (Å²) in [6.45, 7) is 5.82. The minimum absolute atomic E-state index is 0.0306. The number of halogens is 1. The van der Waals surface area contributed by atoms with E-state index in [1.165, 1.54) is 5.56 Å². The second kappa shape index (κ2) is 5.17. The van der Waals surface area contributed by atoms with E-state index >= 15 is 0 Å². The van der Waals surface area contributed by atoms with Crippen LogP contribution in [0.3, 0.4) is 0 Å². The molecule has 1 amide bonds. The highest BCUT2D eigenvalue weighted by molar-refractivity contribution is 6.19. The van der Waals surface area contributed by atoms with Crippen LogP contribution < -0.4 is 5.32 Å². The molecular formula is C12H16ClNO. The van der Waals surface area contributed by atoms with Gasteiger partial charge in [0.15, 0.2) is 0 Å². The molecule has 1 aromatic carbocycles. The van der Waals surface area contributed by atoms with Crippen LogP contribution in [0.2, 0.25) is 0 Å². The molecule has 15 heavy (non-hydrogen) atoms. The van der Waals surface area contributed by atoms with E-state index < -0.39 is 0 Å². The molecule has 0 saturated carbocycles. The molecule has 0 aliphatic carbocycles. The van der Waals surface area contributed by atoms with Gasteiger partial charge >= 0.3 is 0 Å². The Morgan fingerprint density at radius 2 is 2.13 bits per heavy atom. The smallest absolute Gasteiger partial charge is 0.228 e. The van der Waals surface area contributed by atoms with Gasteiger partial charge in [-0.2, -0.15) is 0 Å². The number of carbonyl (C=O) groups excluding carboxylic acids is 1. The average Bonchev–Trinajstić information content (AvgIpc) is 2.20. The number of alkyl halides is 1. The number of rotatable bonds is 3. The van der Waals surface area contributed by atoms with Gasteiger partial charge in [0.2, 0.25) is 5.91 Å². The van der Waals surface area contributed by atoms with Crippen molar-refractivity contribution in [3.05, 3.63) is 29.3 Å². The summed E-state index contributed by atoms with van der Waals surface area (Å²) in [4.78, 5) is 11.6. The molecule has 0 saturated heterocycles. The summed E-state index contributed by atoms with van der Waals surface area (Å²) < 4.78 is 0. The number of hydrogen-bond donors (Lipinski definition) is 1. The minimum atomic E-state index is -0.160. The van der Waals surface area contributed by atoms with Crippen LogP contribution in [0.25, 0.3) is 0 Å². The molecular weight excluding hydrogens is 210 g/mol. The Bertz CT molecular complexity index is 363. The first-order valence-corrected chi connectivity index (χ1v) is 5.52. The van der Waals surface area contributed by atoms with Gasteiger partial charge < -0.3 is 5.32 Å². The standard InChI is InChI=1S/C12H16ClNO/c1-8-4-5-11(9(2)6-8)14-12(15)10(3)7-13/h4-6,10H,7H2,1-3H3,(H,14,15). The van der Waals surface area contributed by atoms with E-state index in [0.717, 1.165) is 11.3 Å². The third kappa shape index (κ3) is 3.24. The van der Waals surface area contributed by atoms with Gasteiger partial charge in [0.05, 0.1) is 0 Å². The SMILES string of the molecule is Cc1ccc(NC(=O)C(C)CCl)c(C)c1. The van der Waals surface area contributed by atoms with Gasteiger partial charge in [-0.25, -0.2) is 0 Å². The van der Waals surface area contributed by atoms with Gasteiger partial charge in [-0.15, -0.1) is 11.6 Å². The summed E-state index contributed by atoms with van der Waals surface area (Å²) >= 11 is 5.62. The molecule has 1 atom stereocenters. The topological polar surface area (TPSA) is 29.1 Å². The Morgan fingerprint density at radius 1 is 1.47 bits per heavy atom. The molecule has 0 spiro atoms. The van der Waals surface area contributed by atoms with E-state index in [2.05, 4.69) is 5.32 Å². The van der Waals surface area contributed by atoms with Crippen molar-refractivity contribution >= 4 is 23.2 Å². The van der Waals surface area contributed by atoms with Crippen molar-refractivity contribution in [3.63, 3.8) is 0 Å². The molecule has 1 unspecified atom stereocenters. The highest BCUT2D eigenvalue weighted by atomic mass is 35.5. The second-order valence-electron chi connectivity index (χ2n) is 3.86. The van der Waals surface area contributed by atoms with Gasteiger partial charge in [-0.05, 0) is 25.5 Å². The highest BCUT2D eigenvalue weighted by Crippen LogP contribution is 2.17. The van der Waals surface area contributed by atoms with Crippen molar-refractivity contribution in [2.45, 2.75) is 20.8 Å². The number of benzene rings is 1. The molecule has 0 aromatic heterocycles. The number of aryl methyl sites for hydroxylation is 2. The van der Waals surface area contributed by atoms with E-state index in [4.69, 9.17) is 11.6 Å². The van der Waals surface area contributed by atoms with Crippen LogP contribution in [0, 0.1) is 19.8 Å². The number of hydrogen-bond acceptors (Lipinski definition) is 1. The first-order chi connectivity index (χ1) is 7.04. The molecule has 0 heterocycles. The summed E-state index contributed by atoms with van der Waals surface area (Å²) in [5.74, 6) is 0.154. The molecule has 3 heteroatoms. The van der Waals surface area contributed by atoms with Crippen molar-refractivity contribution < 1.29 is 4.79 Å². The van der Waals surface area contributed by atoms with Gasteiger partial charge in [-0.3, -0.25) is 4.79 Å². The van der Waals surface area contributed by atoms with Gasteiger partial charge in [-0.1, -0.05) is 24.6 Å². The lowest BCUT2D eigenvalue weighted by molar-refractivity contribution is -0.118. The van der Waals surface area contributed by atoms with Crippen LogP contribution in [-0.4, -0.2) is 11.8 Å². The molecule has 0 aliphatic rings. The minimum Gasteiger partial charge on any atom is -0.326 e. The summed E-state index contributed by atoms with van der Waals surface area (Å²) in [6, 6.07) is 5.94. The maximum absolute atomic E-state index is 11.6. The van der Waals surface area contributed by atoms with E-state index in [1.807, 2.05) is 39.0 Å². The van der Waals surface area contributed by atoms with Gasteiger partial charge in [0.25, 0.3) is 0 Å². The number of nitrogens with one attached hydrogen (secondary N) is 1. The van der Waals surface area contributed by atoms with Crippen molar-refractivity contribution in [2.75, 3.05) is 11.2 Å². The lowest BCUT2D eigenvalue weighted by atomic mass is 10.1. The molecule has 2 nitrogen and oxygen atoms in total. The molecule has 1 rings (SSSR count). The largest absolute Gasteiger partial charge is 0.326 e. The fourth-order valence-electron chi connectivity index (χ4n) is 1.28. The Morgan fingerprint density at radius 3 is 2.67 bits per heavy atom. The van der Waals surface area contributed by atoms with Gasteiger partial charge in [0, 0.05) is 17.5 Å². The second-order valence-corrected chi connectivity index (χ2v) is 4.17. The Kier molecular flexibility index (Phi) is 4.15. The lowest BCUT2D eigenvalue weighted by Crippen LogP contribution is -2.21. The Labute approximate surface area is 95.6 Å². The Balaban J connectivity index is 2.77.